The van der Waals surface area contributed by atoms with Crippen LogP contribution in [0.1, 0.15) is 40.8 Å². The number of rotatable bonds is 14. The van der Waals surface area contributed by atoms with Crippen LogP contribution in [-0.2, 0) is 36.1 Å². The summed E-state index contributed by atoms with van der Waals surface area (Å²) in [6.45, 7) is 13.7. The first-order chi connectivity index (χ1) is 21.0. The molecule has 7 heteroatoms. The van der Waals surface area contributed by atoms with Crippen molar-refractivity contribution in [2.24, 2.45) is 7.05 Å². The molecule has 0 amide bonds. The van der Waals surface area contributed by atoms with E-state index in [0.717, 1.165) is 61.9 Å². The zero-order chi connectivity index (χ0) is 30.3. The molecule has 0 unspecified atom stereocenters. The van der Waals surface area contributed by atoms with E-state index in [2.05, 4.69) is 43.5 Å². The van der Waals surface area contributed by atoms with Crippen LogP contribution in [0.15, 0.2) is 86.0 Å². The van der Waals surface area contributed by atoms with Crippen molar-refractivity contribution < 1.29 is 19.0 Å². The summed E-state index contributed by atoms with van der Waals surface area (Å²) in [6.07, 6.45) is 4.92. The van der Waals surface area contributed by atoms with Crippen LogP contribution in [0, 0.1) is 6.92 Å². The number of aromatic nitrogens is 3. The van der Waals surface area contributed by atoms with Crippen LogP contribution in [0.3, 0.4) is 0 Å². The molecule has 5 rings (SSSR count). The van der Waals surface area contributed by atoms with Crippen molar-refractivity contribution in [3.63, 3.8) is 0 Å². The van der Waals surface area contributed by atoms with Crippen LogP contribution in [-0.4, -0.2) is 40.1 Å². The van der Waals surface area contributed by atoms with Crippen LogP contribution in [0.4, 0.5) is 0 Å². The highest BCUT2D eigenvalue weighted by molar-refractivity contribution is 6.05. The lowest BCUT2D eigenvalue weighted by atomic mass is 9.98. The van der Waals surface area contributed by atoms with Gasteiger partial charge >= 0.3 is 5.97 Å². The number of benzene rings is 3. The van der Waals surface area contributed by atoms with Crippen molar-refractivity contribution >= 4 is 27.6 Å². The van der Waals surface area contributed by atoms with E-state index >= 15 is 0 Å². The van der Waals surface area contributed by atoms with Gasteiger partial charge in [0, 0.05) is 35.5 Å². The van der Waals surface area contributed by atoms with E-state index in [1.54, 1.807) is 6.08 Å². The molecule has 0 atom stereocenters. The summed E-state index contributed by atoms with van der Waals surface area (Å²) in [5.74, 6) is 0.521. The van der Waals surface area contributed by atoms with Gasteiger partial charge in [-0.1, -0.05) is 66.7 Å². The van der Waals surface area contributed by atoms with E-state index in [9.17, 15) is 4.79 Å². The van der Waals surface area contributed by atoms with Crippen molar-refractivity contribution in [1.29, 1.82) is 0 Å². The Bertz CT molecular complexity index is 1770. The molecule has 0 aliphatic heterocycles. The molecule has 3 aromatic carbocycles. The molecule has 222 valence electrons. The van der Waals surface area contributed by atoms with Crippen molar-refractivity contribution in [2.75, 3.05) is 19.8 Å². The Morgan fingerprint density at radius 2 is 1.77 bits per heavy atom. The minimum absolute atomic E-state index is 0.289. The van der Waals surface area contributed by atoms with Crippen LogP contribution in [0.5, 0.6) is 5.75 Å². The predicted octanol–water partition coefficient (Wildman–Crippen LogP) is 7.58. The number of para-hydroxylation sites is 1. The van der Waals surface area contributed by atoms with Gasteiger partial charge in [-0.3, -0.25) is 4.68 Å². The maximum atomic E-state index is 13.5. The van der Waals surface area contributed by atoms with Gasteiger partial charge in [0.15, 0.2) is 0 Å². The Hall–Kier alpha value is -4.62. The Morgan fingerprint density at radius 1 is 1.00 bits per heavy atom. The number of nitrogens with zero attached hydrogens (tertiary/aromatic N) is 3. The third kappa shape index (κ3) is 5.99. The Balaban J connectivity index is 1.57. The summed E-state index contributed by atoms with van der Waals surface area (Å²) in [5.41, 5.74) is 6.30. The Morgan fingerprint density at radius 3 is 2.56 bits per heavy atom. The third-order valence-corrected chi connectivity index (χ3v) is 7.63. The van der Waals surface area contributed by atoms with Crippen LogP contribution in [0.25, 0.3) is 32.8 Å². The number of carbonyl (C=O) groups excluding carboxylic acids is 1. The second-order valence-corrected chi connectivity index (χ2v) is 10.4. The quantitative estimate of drug-likeness (QED) is 0.0773. The number of fused-ring (bicyclic) bond motifs is 2. The summed E-state index contributed by atoms with van der Waals surface area (Å²) in [5, 5.41) is 7.97. The second-order valence-electron chi connectivity index (χ2n) is 10.4. The predicted molar refractivity (Wildman–Crippen MR) is 173 cm³/mol. The number of aryl methyl sites for hydroxylation is 3. The molecule has 0 fully saturated rings. The van der Waals surface area contributed by atoms with Crippen LogP contribution in [0.2, 0.25) is 0 Å². The van der Waals surface area contributed by atoms with Crippen molar-refractivity contribution in [3.05, 3.63) is 109 Å². The molecule has 0 aliphatic carbocycles. The van der Waals surface area contributed by atoms with Gasteiger partial charge < -0.3 is 18.8 Å². The fraction of sp³-hybridized carbons (Fsp3) is 0.278. The van der Waals surface area contributed by atoms with Gasteiger partial charge in [0.05, 0.1) is 43.3 Å². The number of hydrogen-bond acceptors (Lipinski definition) is 5. The van der Waals surface area contributed by atoms with Crippen molar-refractivity contribution in [3.8, 4) is 16.9 Å². The molecule has 0 N–H and O–H groups in total. The van der Waals surface area contributed by atoms with Gasteiger partial charge in [0.1, 0.15) is 11.4 Å². The summed E-state index contributed by atoms with van der Waals surface area (Å²) < 4.78 is 21.6. The second kappa shape index (κ2) is 13.6. The molecule has 7 nitrogen and oxygen atoms in total. The van der Waals surface area contributed by atoms with Gasteiger partial charge in [-0.2, -0.15) is 5.10 Å². The molecule has 0 saturated heterocycles. The lowest BCUT2D eigenvalue weighted by Crippen LogP contribution is -2.14. The maximum Gasteiger partial charge on any atom is 0.355 e. The minimum atomic E-state index is -0.339. The highest BCUT2D eigenvalue weighted by atomic mass is 16.5. The molecule has 2 aromatic heterocycles. The Labute approximate surface area is 253 Å². The topological polar surface area (TPSA) is 67.5 Å². The minimum Gasteiger partial charge on any atom is -0.493 e. The van der Waals surface area contributed by atoms with Gasteiger partial charge in [-0.25, -0.2) is 4.79 Å². The fourth-order valence-electron chi connectivity index (χ4n) is 5.89. The van der Waals surface area contributed by atoms with Gasteiger partial charge in [-0.05, 0) is 43.7 Å². The van der Waals surface area contributed by atoms with Gasteiger partial charge in [-0.15, -0.1) is 13.2 Å². The van der Waals surface area contributed by atoms with Crippen LogP contribution >= 0.6 is 0 Å². The first-order valence-corrected chi connectivity index (χ1v) is 14.7. The maximum absolute atomic E-state index is 13.5. The number of ether oxygens (including phenoxy) is 3. The number of esters is 1. The van der Waals surface area contributed by atoms with Gasteiger partial charge in [0.2, 0.25) is 0 Å². The smallest absolute Gasteiger partial charge is 0.355 e. The standard InChI is InChI=1S/C36H39N3O4/c1-6-21-39-34-28(17-12-18-30(34)33-25(4)37-38(5)31(33)24-41-22-7-2)29(35(39)36(40)42-8-3)19-13-23-43-32-20-11-15-26-14-9-10-16-27(26)32/h6-7,9-12,14-18,20H,1-2,8,13,19,21-24H2,3-5H3. The largest absolute Gasteiger partial charge is 0.493 e. The fourth-order valence-corrected chi connectivity index (χ4v) is 5.89. The summed E-state index contributed by atoms with van der Waals surface area (Å²) in [6, 6.07) is 20.5. The van der Waals surface area contributed by atoms with Crippen molar-refractivity contribution in [2.45, 2.75) is 39.8 Å². The molecule has 0 bridgehead atoms. The molecule has 0 saturated carbocycles. The zero-order valence-corrected chi connectivity index (χ0v) is 25.3. The number of carbonyl (C=O) groups is 1. The first kappa shape index (κ1) is 29.9. The highest BCUT2D eigenvalue weighted by Crippen LogP contribution is 2.38. The molecule has 5 aromatic rings. The van der Waals surface area contributed by atoms with E-state index in [0.29, 0.717) is 38.5 Å². The number of hydrogen-bond donors (Lipinski definition) is 0. The SMILES string of the molecule is C=CCOCc1c(-c2cccc3c(CCCOc4cccc5ccccc45)c(C(=O)OCC)n(CC=C)c23)c(C)nn1C. The first-order valence-electron chi connectivity index (χ1n) is 14.7. The Kier molecular flexibility index (Phi) is 9.42. The van der Waals surface area contributed by atoms with Crippen LogP contribution < -0.4 is 4.74 Å². The lowest BCUT2D eigenvalue weighted by Gasteiger charge is -2.13. The summed E-state index contributed by atoms with van der Waals surface area (Å²) >= 11 is 0. The van der Waals surface area contributed by atoms with E-state index in [-0.39, 0.29) is 12.6 Å². The molecule has 0 aliphatic rings. The zero-order valence-electron chi connectivity index (χ0n) is 25.3. The highest BCUT2D eigenvalue weighted by Gasteiger charge is 2.27. The van der Waals surface area contributed by atoms with E-state index in [4.69, 9.17) is 19.3 Å². The van der Waals surface area contributed by atoms with E-state index < -0.39 is 0 Å². The molecule has 2 heterocycles. The van der Waals surface area contributed by atoms with E-state index in [1.807, 2.05) is 66.6 Å². The third-order valence-electron chi connectivity index (χ3n) is 7.63. The monoisotopic (exact) mass is 577 g/mol. The molecule has 43 heavy (non-hydrogen) atoms. The lowest BCUT2D eigenvalue weighted by molar-refractivity contribution is 0.0513. The normalized spacial score (nSPS) is 11.2. The van der Waals surface area contributed by atoms with E-state index in [1.165, 1.54) is 0 Å². The summed E-state index contributed by atoms with van der Waals surface area (Å²) in [7, 11) is 1.93. The molecular formula is C36H39N3O4. The average Bonchev–Trinajstić information content (AvgIpc) is 3.48. The molecule has 0 spiro atoms. The number of allylic oxidation sites excluding steroid dienone is 1. The van der Waals surface area contributed by atoms with Crippen molar-refractivity contribution in [1.82, 2.24) is 14.3 Å². The molecule has 0 radical (unpaired) electrons. The molecular weight excluding hydrogens is 538 g/mol. The summed E-state index contributed by atoms with van der Waals surface area (Å²) in [4.78, 5) is 13.5. The average molecular weight is 578 g/mol. The van der Waals surface area contributed by atoms with Gasteiger partial charge in [0.25, 0.3) is 0 Å².